The summed E-state index contributed by atoms with van der Waals surface area (Å²) in [6.07, 6.45) is 0. The summed E-state index contributed by atoms with van der Waals surface area (Å²) in [7, 11) is 0. The molecule has 8 aromatic carbocycles. The molecule has 6 heteroatoms. The van der Waals surface area contributed by atoms with Gasteiger partial charge in [-0.2, -0.15) is 0 Å². The summed E-state index contributed by atoms with van der Waals surface area (Å²) in [5.74, 6) is 0.960. The highest BCUT2D eigenvalue weighted by Gasteiger charge is 2.26. The third kappa shape index (κ3) is 6.33. The minimum absolute atomic E-state index is 0.413. The molecule has 0 fully saturated rings. The summed E-state index contributed by atoms with van der Waals surface area (Å²) in [5.41, 5.74) is 10.7. The van der Waals surface area contributed by atoms with Crippen LogP contribution in [0.4, 0.5) is 17.1 Å². The quantitative estimate of drug-likeness (QED) is 0.115. The number of benzene rings is 8. The average molecular weight is 749 g/mol. The molecule has 0 saturated heterocycles. The Labute approximate surface area is 335 Å². The predicted octanol–water partition coefficient (Wildman–Crippen LogP) is 13.7. The molecule has 0 bridgehead atoms. The highest BCUT2D eigenvalue weighted by molar-refractivity contribution is 6.23. The minimum atomic E-state index is 0.413. The molecule has 0 aliphatic carbocycles. The number of fused-ring (bicyclic) bond motifs is 6. The van der Waals surface area contributed by atoms with Gasteiger partial charge in [0.2, 0.25) is 0 Å². The molecule has 10 rings (SSSR count). The molecule has 0 radical (unpaired) electrons. The van der Waals surface area contributed by atoms with Crippen molar-refractivity contribution in [1.82, 2.24) is 0 Å². The van der Waals surface area contributed by atoms with Gasteiger partial charge in [0, 0.05) is 27.4 Å². The van der Waals surface area contributed by atoms with Gasteiger partial charge in [-0.3, -0.25) is 4.99 Å². The van der Waals surface area contributed by atoms with Crippen LogP contribution in [-0.4, -0.2) is 18.4 Å². The van der Waals surface area contributed by atoms with Crippen molar-refractivity contribution in [3.8, 4) is 11.1 Å². The second kappa shape index (κ2) is 15.0. The molecular formula is C52H36N4O2. The molecule has 0 spiro atoms. The first-order chi connectivity index (χ1) is 28.7. The Morgan fingerprint density at radius 3 is 1.83 bits per heavy atom. The van der Waals surface area contributed by atoms with Gasteiger partial charge in [0.15, 0.2) is 17.3 Å². The van der Waals surface area contributed by atoms with E-state index >= 15 is 0 Å². The molecule has 0 saturated carbocycles. The fraction of sp³-hybridized carbons (Fsp3) is 0.0192. The molecule has 0 aliphatic rings. The summed E-state index contributed by atoms with van der Waals surface area (Å²) < 4.78 is 13.6. The van der Waals surface area contributed by atoms with Gasteiger partial charge in [-0.1, -0.05) is 152 Å². The summed E-state index contributed by atoms with van der Waals surface area (Å²) >= 11 is 0. The van der Waals surface area contributed by atoms with Gasteiger partial charge in [0.05, 0.1) is 28.9 Å². The van der Waals surface area contributed by atoms with Crippen molar-refractivity contribution in [2.75, 3.05) is 4.90 Å². The fourth-order valence-electron chi connectivity index (χ4n) is 7.73. The maximum Gasteiger partial charge on any atom is 0.161 e. The van der Waals surface area contributed by atoms with Crippen molar-refractivity contribution in [3.05, 3.63) is 211 Å². The van der Waals surface area contributed by atoms with Gasteiger partial charge in [-0.25, -0.2) is 9.98 Å². The van der Waals surface area contributed by atoms with Crippen LogP contribution in [0, 0.1) is 0 Å². The molecule has 0 amide bonds. The second-order valence-electron chi connectivity index (χ2n) is 14.0. The van der Waals surface area contributed by atoms with Crippen LogP contribution < -0.4 is 4.90 Å². The summed E-state index contributed by atoms with van der Waals surface area (Å²) in [5, 5.41) is 3.99. The van der Waals surface area contributed by atoms with Crippen LogP contribution in [0.15, 0.2) is 218 Å². The fourth-order valence-corrected chi connectivity index (χ4v) is 7.73. The Morgan fingerprint density at radius 2 is 1.09 bits per heavy atom. The zero-order valence-electron chi connectivity index (χ0n) is 31.5. The minimum Gasteiger partial charge on any atom is -0.455 e. The van der Waals surface area contributed by atoms with Gasteiger partial charge < -0.3 is 13.7 Å². The lowest BCUT2D eigenvalue weighted by Crippen LogP contribution is -2.12. The maximum absolute atomic E-state index is 6.87. The second-order valence-corrected chi connectivity index (χ2v) is 14.0. The van der Waals surface area contributed by atoms with E-state index in [9.17, 15) is 0 Å². The van der Waals surface area contributed by atoms with E-state index in [-0.39, 0.29) is 0 Å². The van der Waals surface area contributed by atoms with Gasteiger partial charge >= 0.3 is 0 Å². The summed E-state index contributed by atoms with van der Waals surface area (Å²) in [6.45, 7) is 4.31. The monoisotopic (exact) mass is 748 g/mol. The maximum atomic E-state index is 6.87. The van der Waals surface area contributed by atoms with E-state index in [4.69, 9.17) is 18.8 Å². The number of anilines is 3. The number of furan rings is 2. The SMILES string of the molecule is C=N/C(=N\C(=N/Cc1ccccc1)c1ccc(N(c2ccc(-c3ccccc3)cc2)c2cccc3c2oc2ccccc23)c2c1oc1ccccc12)c1ccccc1. The molecule has 10 aromatic rings. The summed E-state index contributed by atoms with van der Waals surface area (Å²) in [4.78, 5) is 16.9. The van der Waals surface area contributed by atoms with E-state index in [1.807, 2.05) is 84.9 Å². The number of para-hydroxylation sites is 3. The molecule has 276 valence electrons. The largest absolute Gasteiger partial charge is 0.455 e. The molecule has 6 nitrogen and oxygen atoms in total. The van der Waals surface area contributed by atoms with Gasteiger partial charge in [0.25, 0.3) is 0 Å². The van der Waals surface area contributed by atoms with Crippen LogP contribution in [0.3, 0.4) is 0 Å². The van der Waals surface area contributed by atoms with Crippen molar-refractivity contribution in [2.45, 2.75) is 6.54 Å². The predicted molar refractivity (Wildman–Crippen MR) is 240 cm³/mol. The molecule has 0 atom stereocenters. The number of amidine groups is 2. The van der Waals surface area contributed by atoms with Crippen LogP contribution in [0.5, 0.6) is 0 Å². The lowest BCUT2D eigenvalue weighted by atomic mass is 10.0. The van der Waals surface area contributed by atoms with Crippen LogP contribution in [0.1, 0.15) is 16.7 Å². The van der Waals surface area contributed by atoms with E-state index < -0.39 is 0 Å². The third-order valence-corrected chi connectivity index (χ3v) is 10.5. The van der Waals surface area contributed by atoms with Crippen molar-refractivity contribution in [3.63, 3.8) is 0 Å². The molecule has 2 heterocycles. The van der Waals surface area contributed by atoms with E-state index in [2.05, 4.69) is 126 Å². The van der Waals surface area contributed by atoms with Crippen molar-refractivity contribution in [2.24, 2.45) is 15.0 Å². The smallest absolute Gasteiger partial charge is 0.161 e. The molecule has 58 heavy (non-hydrogen) atoms. The highest BCUT2D eigenvalue weighted by Crippen LogP contribution is 2.47. The summed E-state index contributed by atoms with van der Waals surface area (Å²) in [6, 6.07) is 66.0. The highest BCUT2D eigenvalue weighted by atomic mass is 16.3. The van der Waals surface area contributed by atoms with Crippen LogP contribution >= 0.6 is 0 Å². The normalized spacial score (nSPS) is 12.1. The van der Waals surface area contributed by atoms with Gasteiger partial charge in [0.1, 0.15) is 16.7 Å². The standard InChI is InChI=1S/C52H36N4O2/c1-53-51(38-20-9-4-10-21-38)55-52(54-34-35-16-5-2-6-17-35)43-32-33-44(48-42-23-12-14-27-47(42)58-50(43)48)56(39-30-28-37(29-31-39)36-18-7-3-8-19-36)45-25-15-24-41-40-22-11-13-26-46(40)57-49(41)45/h2-33H,1,34H2/b54-52-,55-51-. The van der Waals surface area contributed by atoms with Crippen molar-refractivity contribution >= 4 is 79.3 Å². The van der Waals surface area contributed by atoms with Gasteiger partial charge in [-0.05, 0) is 65.9 Å². The lowest BCUT2D eigenvalue weighted by molar-refractivity contribution is 0.667. The topological polar surface area (TPSA) is 66.6 Å². The molecule has 0 aliphatic heterocycles. The Bertz CT molecular complexity index is 3150. The van der Waals surface area contributed by atoms with Crippen LogP contribution in [0.2, 0.25) is 0 Å². The van der Waals surface area contributed by atoms with Crippen LogP contribution in [-0.2, 0) is 6.54 Å². The van der Waals surface area contributed by atoms with E-state index in [0.29, 0.717) is 23.8 Å². The zero-order chi connectivity index (χ0) is 38.8. The Hall–Kier alpha value is -7.83. The molecular weight excluding hydrogens is 713 g/mol. The average Bonchev–Trinajstić information content (AvgIpc) is 3.88. The Morgan fingerprint density at radius 1 is 0.483 bits per heavy atom. The van der Waals surface area contributed by atoms with Crippen molar-refractivity contribution < 1.29 is 8.83 Å². The number of hydrogen-bond donors (Lipinski definition) is 0. The lowest BCUT2D eigenvalue weighted by Gasteiger charge is -2.27. The van der Waals surface area contributed by atoms with Crippen LogP contribution in [0.25, 0.3) is 55.0 Å². The van der Waals surface area contributed by atoms with E-state index in [1.165, 1.54) is 0 Å². The Balaban J connectivity index is 1.23. The first-order valence-electron chi connectivity index (χ1n) is 19.2. The Kier molecular flexibility index (Phi) is 8.97. The number of aliphatic imine (C=N–C) groups is 3. The van der Waals surface area contributed by atoms with Crippen molar-refractivity contribution in [1.29, 1.82) is 0 Å². The molecule has 2 aromatic heterocycles. The molecule has 0 N–H and O–H groups in total. The van der Waals surface area contributed by atoms with E-state index in [0.717, 1.165) is 83.2 Å². The van der Waals surface area contributed by atoms with Gasteiger partial charge in [-0.15, -0.1) is 0 Å². The third-order valence-electron chi connectivity index (χ3n) is 10.5. The number of hydrogen-bond acceptors (Lipinski definition) is 4. The first-order valence-corrected chi connectivity index (χ1v) is 19.2. The van der Waals surface area contributed by atoms with E-state index in [1.54, 1.807) is 0 Å². The first kappa shape index (κ1) is 34.6. The number of rotatable bonds is 8. The zero-order valence-corrected chi connectivity index (χ0v) is 31.5. The number of nitrogens with zero attached hydrogens (tertiary/aromatic N) is 4. The molecule has 0 unspecified atom stereocenters.